The molecule has 0 aromatic rings. The third-order valence-corrected chi connectivity index (χ3v) is 2.86. The minimum absolute atomic E-state index is 0.0638. The molecule has 0 aliphatic heterocycles. The van der Waals surface area contributed by atoms with Gasteiger partial charge in [0.1, 0.15) is 0 Å². The van der Waals surface area contributed by atoms with Crippen LogP contribution >= 0.6 is 0 Å². The van der Waals surface area contributed by atoms with Crippen LogP contribution in [0.1, 0.15) is 33.1 Å². The molecule has 0 heterocycles. The first-order valence-corrected chi connectivity index (χ1v) is 5.53. The highest BCUT2D eigenvalue weighted by atomic mass is 16.2. The molecule has 1 saturated carbocycles. The largest absolute Gasteiger partial charge is 0.356 e. The van der Waals surface area contributed by atoms with Gasteiger partial charge in [0.15, 0.2) is 0 Å². The van der Waals surface area contributed by atoms with Gasteiger partial charge < -0.3 is 10.6 Å². The Morgan fingerprint density at radius 3 is 2.50 bits per heavy atom. The van der Waals surface area contributed by atoms with Gasteiger partial charge in [-0.1, -0.05) is 13.8 Å². The number of amides is 1. The van der Waals surface area contributed by atoms with Crippen molar-refractivity contribution in [1.29, 1.82) is 0 Å². The van der Waals surface area contributed by atoms with Crippen molar-refractivity contribution >= 4 is 5.91 Å². The SMILES string of the molecule is CNCC1(C(=O)NCCC(C)C)CC1. The summed E-state index contributed by atoms with van der Waals surface area (Å²) in [7, 11) is 1.90. The van der Waals surface area contributed by atoms with Crippen LogP contribution in [-0.2, 0) is 4.79 Å². The van der Waals surface area contributed by atoms with E-state index < -0.39 is 0 Å². The standard InChI is InChI=1S/C11H22N2O/c1-9(2)4-7-13-10(14)11(5-6-11)8-12-3/h9,12H,4-8H2,1-3H3,(H,13,14). The van der Waals surface area contributed by atoms with Crippen molar-refractivity contribution in [3.8, 4) is 0 Å². The average Bonchev–Trinajstić information content (AvgIpc) is 2.85. The van der Waals surface area contributed by atoms with Crippen molar-refractivity contribution < 1.29 is 4.79 Å². The molecule has 1 fully saturated rings. The van der Waals surface area contributed by atoms with E-state index in [1.807, 2.05) is 7.05 Å². The molecule has 0 atom stereocenters. The van der Waals surface area contributed by atoms with Crippen LogP contribution in [0.2, 0.25) is 0 Å². The summed E-state index contributed by atoms with van der Waals surface area (Å²) >= 11 is 0. The molecule has 1 aliphatic rings. The third kappa shape index (κ3) is 2.98. The summed E-state index contributed by atoms with van der Waals surface area (Å²) in [5.41, 5.74) is -0.0638. The van der Waals surface area contributed by atoms with Crippen LogP contribution in [0.3, 0.4) is 0 Å². The molecule has 14 heavy (non-hydrogen) atoms. The highest BCUT2D eigenvalue weighted by Crippen LogP contribution is 2.45. The third-order valence-electron chi connectivity index (χ3n) is 2.86. The van der Waals surface area contributed by atoms with Gasteiger partial charge in [0.25, 0.3) is 0 Å². The van der Waals surface area contributed by atoms with Gasteiger partial charge in [-0.25, -0.2) is 0 Å². The van der Waals surface area contributed by atoms with E-state index >= 15 is 0 Å². The Kier molecular flexibility index (Phi) is 3.93. The number of nitrogens with one attached hydrogen (secondary N) is 2. The maximum atomic E-state index is 11.7. The van der Waals surface area contributed by atoms with Gasteiger partial charge in [-0.05, 0) is 32.2 Å². The van der Waals surface area contributed by atoms with Crippen molar-refractivity contribution in [2.24, 2.45) is 11.3 Å². The van der Waals surface area contributed by atoms with Gasteiger partial charge in [0.2, 0.25) is 5.91 Å². The molecular formula is C11H22N2O. The van der Waals surface area contributed by atoms with Gasteiger partial charge in [-0.2, -0.15) is 0 Å². The van der Waals surface area contributed by atoms with E-state index in [2.05, 4.69) is 24.5 Å². The van der Waals surface area contributed by atoms with Gasteiger partial charge >= 0.3 is 0 Å². The van der Waals surface area contributed by atoms with Gasteiger partial charge in [0, 0.05) is 13.1 Å². The van der Waals surface area contributed by atoms with Crippen LogP contribution in [0.5, 0.6) is 0 Å². The lowest BCUT2D eigenvalue weighted by atomic mass is 10.1. The summed E-state index contributed by atoms with van der Waals surface area (Å²) in [6, 6.07) is 0. The molecule has 0 aromatic carbocycles. The molecule has 0 radical (unpaired) electrons. The molecule has 1 aliphatic carbocycles. The Morgan fingerprint density at radius 1 is 1.43 bits per heavy atom. The lowest BCUT2D eigenvalue weighted by molar-refractivity contribution is -0.126. The zero-order valence-corrected chi connectivity index (χ0v) is 9.52. The second kappa shape index (κ2) is 4.78. The molecule has 2 N–H and O–H groups in total. The minimum Gasteiger partial charge on any atom is -0.356 e. The molecule has 3 heteroatoms. The molecule has 82 valence electrons. The number of carbonyl (C=O) groups is 1. The summed E-state index contributed by atoms with van der Waals surface area (Å²) in [6.45, 7) is 5.99. The molecule has 1 amide bonds. The Balaban J connectivity index is 2.21. The van der Waals surface area contributed by atoms with E-state index in [4.69, 9.17) is 0 Å². The first kappa shape index (κ1) is 11.5. The number of hydrogen-bond acceptors (Lipinski definition) is 2. The number of hydrogen-bond donors (Lipinski definition) is 2. The summed E-state index contributed by atoms with van der Waals surface area (Å²) in [5.74, 6) is 0.905. The quantitative estimate of drug-likeness (QED) is 0.672. The second-order valence-corrected chi connectivity index (χ2v) is 4.75. The molecule has 0 aromatic heterocycles. The van der Waals surface area contributed by atoms with E-state index in [-0.39, 0.29) is 11.3 Å². The predicted octanol–water partition coefficient (Wildman–Crippen LogP) is 1.15. The van der Waals surface area contributed by atoms with E-state index in [1.54, 1.807) is 0 Å². The lowest BCUT2D eigenvalue weighted by Gasteiger charge is -2.15. The fourth-order valence-corrected chi connectivity index (χ4v) is 1.64. The summed E-state index contributed by atoms with van der Waals surface area (Å²) < 4.78 is 0. The first-order valence-electron chi connectivity index (χ1n) is 5.53. The van der Waals surface area contributed by atoms with Crippen molar-refractivity contribution in [2.45, 2.75) is 33.1 Å². The Labute approximate surface area is 86.6 Å². The zero-order valence-electron chi connectivity index (χ0n) is 9.52. The van der Waals surface area contributed by atoms with E-state index in [1.165, 1.54) is 0 Å². The Bertz CT molecular complexity index is 197. The fraction of sp³-hybridized carbons (Fsp3) is 0.909. The number of carbonyl (C=O) groups excluding carboxylic acids is 1. The van der Waals surface area contributed by atoms with E-state index in [0.717, 1.165) is 32.4 Å². The minimum atomic E-state index is -0.0638. The van der Waals surface area contributed by atoms with Gasteiger partial charge in [-0.15, -0.1) is 0 Å². The topological polar surface area (TPSA) is 41.1 Å². The summed E-state index contributed by atoms with van der Waals surface area (Å²) in [6.07, 6.45) is 3.16. The zero-order chi connectivity index (χ0) is 10.6. The predicted molar refractivity (Wildman–Crippen MR) is 58.1 cm³/mol. The monoisotopic (exact) mass is 198 g/mol. The molecule has 0 spiro atoms. The summed E-state index contributed by atoms with van der Waals surface area (Å²) in [4.78, 5) is 11.7. The van der Waals surface area contributed by atoms with Gasteiger partial charge in [0.05, 0.1) is 5.41 Å². The average molecular weight is 198 g/mol. The molecule has 0 saturated heterocycles. The fourth-order valence-electron chi connectivity index (χ4n) is 1.64. The summed E-state index contributed by atoms with van der Waals surface area (Å²) in [5, 5.41) is 6.11. The van der Waals surface area contributed by atoms with Crippen LogP contribution in [0.25, 0.3) is 0 Å². The lowest BCUT2D eigenvalue weighted by Crippen LogP contribution is -2.38. The molecule has 3 nitrogen and oxygen atoms in total. The van der Waals surface area contributed by atoms with Gasteiger partial charge in [-0.3, -0.25) is 4.79 Å². The number of rotatable bonds is 6. The van der Waals surface area contributed by atoms with E-state index in [9.17, 15) is 4.79 Å². The van der Waals surface area contributed by atoms with Crippen LogP contribution in [0, 0.1) is 11.3 Å². The molecular weight excluding hydrogens is 176 g/mol. The molecule has 0 bridgehead atoms. The molecule has 0 unspecified atom stereocenters. The van der Waals surface area contributed by atoms with E-state index in [0.29, 0.717) is 5.92 Å². The molecule has 1 rings (SSSR count). The van der Waals surface area contributed by atoms with Crippen LogP contribution < -0.4 is 10.6 Å². The maximum Gasteiger partial charge on any atom is 0.227 e. The van der Waals surface area contributed by atoms with Crippen LogP contribution in [0.4, 0.5) is 0 Å². The highest BCUT2D eigenvalue weighted by molar-refractivity contribution is 5.85. The van der Waals surface area contributed by atoms with Crippen molar-refractivity contribution in [3.05, 3.63) is 0 Å². The Hall–Kier alpha value is -0.570. The normalized spacial score (nSPS) is 18.3. The maximum absolute atomic E-state index is 11.7. The van der Waals surface area contributed by atoms with Crippen LogP contribution in [0.15, 0.2) is 0 Å². The first-order chi connectivity index (χ1) is 6.60. The second-order valence-electron chi connectivity index (χ2n) is 4.75. The highest BCUT2D eigenvalue weighted by Gasteiger charge is 2.48. The van der Waals surface area contributed by atoms with Crippen molar-refractivity contribution in [2.75, 3.05) is 20.1 Å². The smallest absolute Gasteiger partial charge is 0.227 e. The van der Waals surface area contributed by atoms with Crippen LogP contribution in [-0.4, -0.2) is 26.0 Å². The Morgan fingerprint density at radius 2 is 2.07 bits per heavy atom. The van der Waals surface area contributed by atoms with Crippen molar-refractivity contribution in [3.63, 3.8) is 0 Å². The van der Waals surface area contributed by atoms with Crippen molar-refractivity contribution in [1.82, 2.24) is 10.6 Å².